The molecule has 0 aliphatic carbocycles. The van der Waals surface area contributed by atoms with E-state index in [1.807, 2.05) is 0 Å². The van der Waals surface area contributed by atoms with Gasteiger partial charge in [0.25, 0.3) is 0 Å². The predicted molar refractivity (Wildman–Crippen MR) is 70.3 cm³/mol. The van der Waals surface area contributed by atoms with Gasteiger partial charge in [0.05, 0.1) is 12.2 Å². The number of hydrogen-bond donors (Lipinski definition) is 3. The lowest BCUT2D eigenvalue weighted by Crippen LogP contribution is -2.36. The Morgan fingerprint density at radius 2 is 1.84 bits per heavy atom. The van der Waals surface area contributed by atoms with Gasteiger partial charge in [0.15, 0.2) is 6.23 Å². The monoisotopic (exact) mass is 267 g/mol. The van der Waals surface area contributed by atoms with Gasteiger partial charge in [0.2, 0.25) is 0 Å². The molecule has 104 valence electrons. The van der Waals surface area contributed by atoms with Crippen LogP contribution in [0.5, 0.6) is 0 Å². The minimum Gasteiger partial charge on any atom is -0.450 e. The maximum Gasteiger partial charge on any atom is 0.409 e. The zero-order valence-corrected chi connectivity index (χ0v) is 10.8. The van der Waals surface area contributed by atoms with Crippen LogP contribution in [0.25, 0.3) is 0 Å². The van der Waals surface area contributed by atoms with E-state index in [4.69, 9.17) is 16.2 Å². The minimum atomic E-state index is -0.825. The predicted octanol–water partition coefficient (Wildman–Crippen LogP) is 1.10. The van der Waals surface area contributed by atoms with Crippen molar-refractivity contribution in [2.75, 3.05) is 18.1 Å². The Bertz CT molecular complexity index is 456. The first-order chi connectivity index (χ1) is 8.92. The molecular formula is C12H17N3O4. The summed E-state index contributed by atoms with van der Waals surface area (Å²) in [5, 5.41) is 2.34. The topological polar surface area (TPSA) is 117 Å². The fourth-order valence-electron chi connectivity index (χ4n) is 1.39. The SMILES string of the molecule is CCOC(=O)NC(C)OC(=O)c1cc(N)cc(N)c1. The first kappa shape index (κ1) is 14.6. The molecule has 19 heavy (non-hydrogen) atoms. The molecule has 1 rings (SSSR count). The van der Waals surface area contributed by atoms with Crippen molar-refractivity contribution in [3.05, 3.63) is 23.8 Å². The van der Waals surface area contributed by atoms with Gasteiger partial charge in [0, 0.05) is 11.4 Å². The van der Waals surface area contributed by atoms with Crippen LogP contribution in [0.3, 0.4) is 0 Å². The molecule has 1 atom stereocenters. The van der Waals surface area contributed by atoms with E-state index in [0.29, 0.717) is 11.4 Å². The molecule has 5 N–H and O–H groups in total. The van der Waals surface area contributed by atoms with E-state index < -0.39 is 18.3 Å². The second-order valence-corrected chi connectivity index (χ2v) is 3.80. The molecule has 1 aromatic rings. The quantitative estimate of drug-likeness (QED) is 0.427. The van der Waals surface area contributed by atoms with Crippen molar-refractivity contribution in [3.63, 3.8) is 0 Å². The van der Waals surface area contributed by atoms with Gasteiger partial charge in [-0.05, 0) is 32.0 Å². The highest BCUT2D eigenvalue weighted by Crippen LogP contribution is 2.14. The summed E-state index contributed by atoms with van der Waals surface area (Å²) in [7, 11) is 0. The minimum absolute atomic E-state index is 0.218. The first-order valence-electron chi connectivity index (χ1n) is 5.72. The normalized spacial score (nSPS) is 11.5. The molecule has 0 saturated carbocycles. The fourth-order valence-corrected chi connectivity index (χ4v) is 1.39. The van der Waals surface area contributed by atoms with E-state index in [1.165, 1.54) is 25.1 Å². The molecule has 0 aliphatic rings. The molecule has 0 fully saturated rings. The summed E-state index contributed by atoms with van der Waals surface area (Å²) in [6.45, 7) is 3.41. The number of alkyl carbamates (subject to hydrolysis) is 1. The van der Waals surface area contributed by atoms with E-state index in [2.05, 4.69) is 10.1 Å². The van der Waals surface area contributed by atoms with Gasteiger partial charge in [-0.25, -0.2) is 9.59 Å². The number of nitrogens with two attached hydrogens (primary N) is 2. The summed E-state index contributed by atoms with van der Waals surface area (Å²) in [6, 6.07) is 4.41. The van der Waals surface area contributed by atoms with E-state index in [1.54, 1.807) is 6.92 Å². The Morgan fingerprint density at radius 1 is 1.26 bits per heavy atom. The van der Waals surface area contributed by atoms with Crippen LogP contribution in [0.1, 0.15) is 24.2 Å². The summed E-state index contributed by atoms with van der Waals surface area (Å²) in [4.78, 5) is 22.9. The van der Waals surface area contributed by atoms with Gasteiger partial charge in [-0.3, -0.25) is 5.32 Å². The standard InChI is InChI=1S/C12H17N3O4/c1-3-18-12(17)15-7(2)19-11(16)8-4-9(13)6-10(14)5-8/h4-7H,3,13-14H2,1-2H3,(H,15,17). The summed E-state index contributed by atoms with van der Waals surface area (Å²) >= 11 is 0. The third-order valence-electron chi connectivity index (χ3n) is 2.09. The van der Waals surface area contributed by atoms with Crippen molar-refractivity contribution < 1.29 is 19.1 Å². The number of esters is 1. The molecule has 1 aromatic carbocycles. The number of amides is 1. The molecule has 1 unspecified atom stereocenters. The van der Waals surface area contributed by atoms with E-state index in [-0.39, 0.29) is 12.2 Å². The van der Waals surface area contributed by atoms with Crippen LogP contribution in [0.15, 0.2) is 18.2 Å². The van der Waals surface area contributed by atoms with Gasteiger partial charge in [-0.2, -0.15) is 0 Å². The number of carbonyl (C=O) groups is 2. The van der Waals surface area contributed by atoms with Crippen LogP contribution in [-0.2, 0) is 9.47 Å². The first-order valence-corrected chi connectivity index (χ1v) is 5.72. The molecule has 1 amide bonds. The van der Waals surface area contributed by atoms with Gasteiger partial charge in [0.1, 0.15) is 0 Å². The summed E-state index contributed by atoms with van der Waals surface area (Å²) in [5.41, 5.74) is 12.1. The molecular weight excluding hydrogens is 250 g/mol. The number of carbonyl (C=O) groups excluding carboxylic acids is 2. The number of rotatable bonds is 4. The zero-order chi connectivity index (χ0) is 14.4. The maximum absolute atomic E-state index is 11.8. The van der Waals surface area contributed by atoms with Crippen molar-refractivity contribution in [3.8, 4) is 0 Å². The number of anilines is 2. The smallest absolute Gasteiger partial charge is 0.409 e. The third kappa shape index (κ3) is 4.74. The molecule has 0 radical (unpaired) electrons. The van der Waals surface area contributed by atoms with Crippen LogP contribution >= 0.6 is 0 Å². The number of ether oxygens (including phenoxy) is 2. The highest BCUT2D eigenvalue weighted by atomic mass is 16.6. The second-order valence-electron chi connectivity index (χ2n) is 3.80. The van der Waals surface area contributed by atoms with Crippen LogP contribution < -0.4 is 16.8 Å². The van der Waals surface area contributed by atoms with E-state index in [9.17, 15) is 9.59 Å². The van der Waals surface area contributed by atoms with Crippen LogP contribution in [0.4, 0.5) is 16.2 Å². The average Bonchev–Trinajstić information content (AvgIpc) is 2.27. The van der Waals surface area contributed by atoms with Crippen molar-refractivity contribution in [1.29, 1.82) is 0 Å². The Hall–Kier alpha value is -2.44. The van der Waals surface area contributed by atoms with E-state index >= 15 is 0 Å². The number of benzene rings is 1. The fraction of sp³-hybridized carbons (Fsp3) is 0.333. The molecule has 0 heterocycles. The maximum atomic E-state index is 11.8. The summed E-state index contributed by atoms with van der Waals surface area (Å²) in [5.74, 6) is -0.636. The number of nitrogen functional groups attached to an aromatic ring is 2. The number of nitrogens with one attached hydrogen (secondary N) is 1. The number of hydrogen-bond acceptors (Lipinski definition) is 6. The van der Waals surface area contributed by atoms with Crippen molar-refractivity contribution in [2.24, 2.45) is 0 Å². The highest BCUT2D eigenvalue weighted by Gasteiger charge is 2.15. The summed E-state index contributed by atoms with van der Waals surface area (Å²) in [6.07, 6.45) is -1.48. The molecule has 0 spiro atoms. The van der Waals surface area contributed by atoms with Crippen molar-refractivity contribution >= 4 is 23.4 Å². The Kier molecular flexibility index (Phi) is 4.99. The van der Waals surface area contributed by atoms with Crippen molar-refractivity contribution in [1.82, 2.24) is 5.32 Å². The Labute approximate surface area is 110 Å². The van der Waals surface area contributed by atoms with Crippen molar-refractivity contribution in [2.45, 2.75) is 20.1 Å². The summed E-state index contributed by atoms with van der Waals surface area (Å²) < 4.78 is 9.66. The second kappa shape index (κ2) is 6.48. The average molecular weight is 267 g/mol. The third-order valence-corrected chi connectivity index (χ3v) is 2.09. The zero-order valence-electron chi connectivity index (χ0n) is 10.8. The molecule has 7 nitrogen and oxygen atoms in total. The molecule has 0 aliphatic heterocycles. The van der Waals surface area contributed by atoms with E-state index in [0.717, 1.165) is 0 Å². The molecule has 0 saturated heterocycles. The Morgan fingerprint density at radius 3 is 2.37 bits per heavy atom. The Balaban J connectivity index is 2.61. The van der Waals surface area contributed by atoms with Crippen LogP contribution in [0.2, 0.25) is 0 Å². The molecule has 0 aromatic heterocycles. The highest BCUT2D eigenvalue weighted by molar-refractivity contribution is 5.92. The lowest BCUT2D eigenvalue weighted by Gasteiger charge is -2.14. The lowest BCUT2D eigenvalue weighted by molar-refractivity contribution is 0.0259. The largest absolute Gasteiger partial charge is 0.450 e. The lowest BCUT2D eigenvalue weighted by atomic mass is 10.2. The van der Waals surface area contributed by atoms with Gasteiger partial charge in [-0.15, -0.1) is 0 Å². The molecule has 7 heteroatoms. The van der Waals surface area contributed by atoms with Gasteiger partial charge < -0.3 is 20.9 Å². The van der Waals surface area contributed by atoms with Gasteiger partial charge in [-0.1, -0.05) is 0 Å². The van der Waals surface area contributed by atoms with Crippen LogP contribution in [0, 0.1) is 0 Å². The van der Waals surface area contributed by atoms with Gasteiger partial charge >= 0.3 is 12.1 Å². The van der Waals surface area contributed by atoms with Crippen LogP contribution in [-0.4, -0.2) is 24.9 Å². The molecule has 0 bridgehead atoms.